The fourth-order valence-electron chi connectivity index (χ4n) is 3.22. The van der Waals surface area contributed by atoms with Crippen LogP contribution in [0.3, 0.4) is 0 Å². The topological polar surface area (TPSA) is 66.5 Å². The minimum Gasteiger partial charge on any atom is -0.277 e. The van der Waals surface area contributed by atoms with Gasteiger partial charge in [-0.1, -0.05) is 26.7 Å². The maximum absolute atomic E-state index is 12.6. The zero-order valence-corrected chi connectivity index (χ0v) is 11.7. The van der Waals surface area contributed by atoms with E-state index in [2.05, 4.69) is 5.32 Å². The average Bonchev–Trinajstić information content (AvgIpc) is 2.89. The van der Waals surface area contributed by atoms with Gasteiger partial charge in [-0.2, -0.15) is 0 Å². The van der Waals surface area contributed by atoms with E-state index in [9.17, 15) is 14.4 Å². The van der Waals surface area contributed by atoms with Gasteiger partial charge in [-0.3, -0.25) is 19.8 Å². The Hall–Kier alpha value is -1.39. The van der Waals surface area contributed by atoms with Crippen LogP contribution in [0.15, 0.2) is 0 Å². The third-order valence-electron chi connectivity index (χ3n) is 4.68. The Bertz CT molecular complexity index is 395. The molecular formula is C14H22N2O3. The van der Waals surface area contributed by atoms with Crippen LogP contribution in [0, 0.1) is 11.3 Å². The van der Waals surface area contributed by atoms with E-state index >= 15 is 0 Å². The molecule has 0 unspecified atom stereocenters. The second-order valence-corrected chi connectivity index (χ2v) is 5.61. The normalized spacial score (nSPS) is 23.9. The lowest BCUT2D eigenvalue weighted by Crippen LogP contribution is -2.64. The van der Waals surface area contributed by atoms with Crippen LogP contribution in [-0.4, -0.2) is 29.3 Å². The van der Waals surface area contributed by atoms with E-state index in [-0.39, 0.29) is 5.91 Å². The van der Waals surface area contributed by atoms with Crippen LogP contribution in [0.5, 0.6) is 0 Å². The lowest BCUT2D eigenvalue weighted by atomic mass is 9.78. The minimum absolute atomic E-state index is 0.307. The molecule has 5 nitrogen and oxygen atoms in total. The number of nitrogens with zero attached hydrogens (tertiary/aromatic N) is 1. The molecule has 0 aromatic carbocycles. The van der Waals surface area contributed by atoms with E-state index in [1.165, 1.54) is 17.7 Å². The molecule has 1 aliphatic carbocycles. The summed E-state index contributed by atoms with van der Waals surface area (Å²) >= 11 is 0. The third-order valence-corrected chi connectivity index (χ3v) is 4.68. The first-order valence-corrected chi connectivity index (χ1v) is 7.22. The Balaban J connectivity index is 2.20. The molecule has 1 saturated carbocycles. The molecule has 0 aromatic rings. The number of carbonyl (C=O) groups is 3. The van der Waals surface area contributed by atoms with Crippen LogP contribution in [0.1, 0.15) is 52.4 Å². The summed E-state index contributed by atoms with van der Waals surface area (Å²) in [5.74, 6) is -0.345. The van der Waals surface area contributed by atoms with Crippen LogP contribution >= 0.6 is 0 Å². The molecule has 0 bridgehead atoms. The molecule has 0 aromatic heterocycles. The zero-order valence-electron chi connectivity index (χ0n) is 11.7. The summed E-state index contributed by atoms with van der Waals surface area (Å²) in [4.78, 5) is 37.7. The van der Waals surface area contributed by atoms with Gasteiger partial charge in [-0.15, -0.1) is 0 Å². The Morgan fingerprint density at radius 1 is 1.16 bits per heavy atom. The van der Waals surface area contributed by atoms with Gasteiger partial charge in [0, 0.05) is 6.54 Å². The van der Waals surface area contributed by atoms with E-state index in [0.717, 1.165) is 12.8 Å². The monoisotopic (exact) mass is 266 g/mol. The van der Waals surface area contributed by atoms with E-state index in [0.29, 0.717) is 25.3 Å². The van der Waals surface area contributed by atoms with Gasteiger partial charge in [0.1, 0.15) is 5.41 Å². The van der Waals surface area contributed by atoms with Gasteiger partial charge in [-0.05, 0) is 31.6 Å². The van der Waals surface area contributed by atoms with Gasteiger partial charge in [0.2, 0.25) is 11.8 Å². The largest absolute Gasteiger partial charge is 0.330 e. The number of rotatable bonds is 4. The maximum Gasteiger partial charge on any atom is 0.330 e. The van der Waals surface area contributed by atoms with Crippen molar-refractivity contribution < 1.29 is 14.4 Å². The number of hydrogen-bond acceptors (Lipinski definition) is 3. The van der Waals surface area contributed by atoms with Crippen molar-refractivity contribution >= 4 is 17.8 Å². The lowest BCUT2D eigenvalue weighted by molar-refractivity contribution is -0.152. The van der Waals surface area contributed by atoms with E-state index in [1.807, 2.05) is 13.8 Å². The molecule has 0 spiro atoms. The molecule has 2 aliphatic rings. The second kappa shape index (κ2) is 5.31. The van der Waals surface area contributed by atoms with Crippen molar-refractivity contribution in [3.8, 4) is 0 Å². The molecule has 1 heterocycles. The zero-order chi connectivity index (χ0) is 14.0. The predicted octanol–water partition coefficient (Wildman–Crippen LogP) is 2.06. The number of amides is 4. The molecule has 5 heteroatoms. The highest BCUT2D eigenvalue weighted by molar-refractivity contribution is 6.19. The third kappa shape index (κ3) is 2.26. The van der Waals surface area contributed by atoms with Crippen molar-refractivity contribution in [1.82, 2.24) is 10.2 Å². The first kappa shape index (κ1) is 14.0. The first-order chi connectivity index (χ1) is 9.05. The van der Waals surface area contributed by atoms with E-state index in [1.54, 1.807) is 0 Å². The fourth-order valence-corrected chi connectivity index (χ4v) is 3.22. The van der Waals surface area contributed by atoms with Gasteiger partial charge in [0.05, 0.1) is 0 Å². The molecule has 1 saturated heterocycles. The molecular weight excluding hydrogens is 244 g/mol. The summed E-state index contributed by atoms with van der Waals surface area (Å²) in [6.07, 6.45) is 5.33. The van der Waals surface area contributed by atoms with E-state index < -0.39 is 17.4 Å². The summed E-state index contributed by atoms with van der Waals surface area (Å²) in [6.45, 7) is 4.11. The summed E-state index contributed by atoms with van der Waals surface area (Å²) < 4.78 is 0. The van der Waals surface area contributed by atoms with Crippen molar-refractivity contribution in [3.05, 3.63) is 0 Å². The summed E-state index contributed by atoms with van der Waals surface area (Å²) in [5.41, 5.74) is -1.05. The van der Waals surface area contributed by atoms with Crippen molar-refractivity contribution in [2.24, 2.45) is 11.3 Å². The van der Waals surface area contributed by atoms with Crippen molar-refractivity contribution in [3.63, 3.8) is 0 Å². The fraction of sp³-hybridized carbons (Fsp3) is 0.786. The molecule has 4 amide bonds. The van der Waals surface area contributed by atoms with Gasteiger partial charge < -0.3 is 0 Å². The molecule has 0 atom stereocenters. The Labute approximate surface area is 113 Å². The van der Waals surface area contributed by atoms with Crippen LogP contribution in [0.25, 0.3) is 0 Å². The standard InChI is InChI=1S/C14H22N2O3/c1-3-14(4-2)11(17)15-13(19)16(12(14)18)9-10-7-5-6-8-10/h10H,3-9H2,1-2H3,(H,15,17,19). The van der Waals surface area contributed by atoms with Gasteiger partial charge in [-0.25, -0.2) is 4.79 Å². The number of carbonyl (C=O) groups excluding carboxylic acids is 3. The Morgan fingerprint density at radius 3 is 2.26 bits per heavy atom. The molecule has 1 aliphatic heterocycles. The second-order valence-electron chi connectivity index (χ2n) is 5.61. The smallest absolute Gasteiger partial charge is 0.277 e. The molecule has 0 radical (unpaired) electrons. The predicted molar refractivity (Wildman–Crippen MR) is 70.2 cm³/mol. The van der Waals surface area contributed by atoms with Crippen molar-refractivity contribution in [1.29, 1.82) is 0 Å². The van der Waals surface area contributed by atoms with Crippen molar-refractivity contribution in [2.45, 2.75) is 52.4 Å². The summed E-state index contributed by atoms with van der Waals surface area (Å²) in [7, 11) is 0. The average molecular weight is 266 g/mol. The lowest BCUT2D eigenvalue weighted by Gasteiger charge is -2.39. The quantitative estimate of drug-likeness (QED) is 0.792. The number of nitrogens with one attached hydrogen (secondary N) is 1. The number of barbiturate groups is 1. The summed E-state index contributed by atoms with van der Waals surface area (Å²) in [5, 5.41) is 2.35. The Kier molecular flexibility index (Phi) is 3.92. The highest BCUT2D eigenvalue weighted by atomic mass is 16.2. The summed E-state index contributed by atoms with van der Waals surface area (Å²) in [6, 6.07) is -0.542. The molecule has 2 rings (SSSR count). The number of urea groups is 1. The molecule has 106 valence electrons. The molecule has 1 N–H and O–H groups in total. The van der Waals surface area contributed by atoms with Crippen molar-refractivity contribution in [2.75, 3.05) is 6.54 Å². The minimum atomic E-state index is -1.05. The van der Waals surface area contributed by atoms with E-state index in [4.69, 9.17) is 0 Å². The number of hydrogen-bond donors (Lipinski definition) is 1. The van der Waals surface area contributed by atoms with Crippen LogP contribution in [0.4, 0.5) is 4.79 Å². The Morgan fingerprint density at radius 2 is 1.74 bits per heavy atom. The maximum atomic E-state index is 12.6. The SMILES string of the molecule is CCC1(CC)C(=O)NC(=O)N(CC2CCCC2)C1=O. The van der Waals surface area contributed by atoms with Crippen LogP contribution in [-0.2, 0) is 9.59 Å². The van der Waals surface area contributed by atoms with Crippen LogP contribution < -0.4 is 5.32 Å². The van der Waals surface area contributed by atoms with Gasteiger partial charge in [0.15, 0.2) is 0 Å². The molecule has 2 fully saturated rings. The van der Waals surface area contributed by atoms with Gasteiger partial charge in [0.25, 0.3) is 0 Å². The highest BCUT2D eigenvalue weighted by Gasteiger charge is 2.51. The van der Waals surface area contributed by atoms with Gasteiger partial charge >= 0.3 is 6.03 Å². The molecule has 19 heavy (non-hydrogen) atoms. The highest BCUT2D eigenvalue weighted by Crippen LogP contribution is 2.34. The van der Waals surface area contributed by atoms with Crippen LogP contribution in [0.2, 0.25) is 0 Å². The first-order valence-electron chi connectivity index (χ1n) is 7.22. The number of imide groups is 2.